The zero-order valence-corrected chi connectivity index (χ0v) is 17.8. The van der Waals surface area contributed by atoms with Gasteiger partial charge in [-0.2, -0.15) is 5.26 Å². The zero-order valence-electron chi connectivity index (χ0n) is 17.0. The molecule has 1 amide bonds. The van der Waals surface area contributed by atoms with Crippen molar-refractivity contribution >= 4 is 21.4 Å². The second-order valence-electron chi connectivity index (χ2n) is 6.92. The predicted octanol–water partition coefficient (Wildman–Crippen LogP) is 2.98. The van der Waals surface area contributed by atoms with E-state index in [4.69, 9.17) is 10.00 Å². The third kappa shape index (κ3) is 4.04. The second-order valence-corrected chi connectivity index (χ2v) is 8.84. The first-order valence-corrected chi connectivity index (χ1v) is 11.0. The summed E-state index contributed by atoms with van der Waals surface area (Å²) in [6.45, 7) is 0.231. The van der Waals surface area contributed by atoms with Crippen LogP contribution in [0.4, 0.5) is 0 Å². The van der Waals surface area contributed by atoms with Gasteiger partial charge >= 0.3 is 0 Å². The lowest BCUT2D eigenvalue weighted by Gasteiger charge is -2.11. The molecule has 0 saturated carbocycles. The number of nitriles is 1. The summed E-state index contributed by atoms with van der Waals surface area (Å²) in [6.07, 6.45) is 5.10. The van der Waals surface area contributed by atoms with Crippen LogP contribution < -0.4 is 10.1 Å². The average molecular weight is 446 g/mol. The quantitative estimate of drug-likeness (QED) is 0.487. The SMILES string of the molecule is COc1ccc(C#N)cc1S(=O)(=O)c1ccc(CNC(=O)c2ccc3nccn3c2)cc1. The molecule has 0 aliphatic carbocycles. The van der Waals surface area contributed by atoms with Crippen LogP contribution in [0.5, 0.6) is 5.75 Å². The first-order valence-electron chi connectivity index (χ1n) is 9.55. The third-order valence-electron chi connectivity index (χ3n) is 4.92. The van der Waals surface area contributed by atoms with Gasteiger partial charge < -0.3 is 14.5 Å². The number of carbonyl (C=O) groups is 1. The average Bonchev–Trinajstić information content (AvgIpc) is 3.30. The van der Waals surface area contributed by atoms with Crippen molar-refractivity contribution < 1.29 is 17.9 Å². The zero-order chi connectivity index (χ0) is 22.7. The highest BCUT2D eigenvalue weighted by atomic mass is 32.2. The van der Waals surface area contributed by atoms with Crippen LogP contribution in [0.1, 0.15) is 21.5 Å². The van der Waals surface area contributed by atoms with E-state index in [1.165, 1.54) is 37.4 Å². The van der Waals surface area contributed by atoms with Gasteiger partial charge in [-0.25, -0.2) is 13.4 Å². The van der Waals surface area contributed by atoms with Crippen molar-refractivity contribution in [2.45, 2.75) is 16.3 Å². The van der Waals surface area contributed by atoms with Crippen LogP contribution in [0.2, 0.25) is 0 Å². The molecule has 0 unspecified atom stereocenters. The number of aromatic nitrogens is 2. The van der Waals surface area contributed by atoms with E-state index < -0.39 is 9.84 Å². The Balaban J connectivity index is 1.50. The number of methoxy groups -OCH3 is 1. The molecule has 0 saturated heterocycles. The molecule has 9 heteroatoms. The topological polar surface area (TPSA) is 114 Å². The fourth-order valence-electron chi connectivity index (χ4n) is 3.21. The largest absolute Gasteiger partial charge is 0.495 e. The van der Waals surface area contributed by atoms with Crippen LogP contribution in [0.15, 0.2) is 83.0 Å². The molecule has 0 spiro atoms. The maximum absolute atomic E-state index is 13.1. The molecule has 0 aliphatic heterocycles. The number of carbonyl (C=O) groups excluding carboxylic acids is 1. The summed E-state index contributed by atoms with van der Waals surface area (Å²) in [4.78, 5) is 16.6. The summed E-state index contributed by atoms with van der Waals surface area (Å²) in [6, 6.07) is 15.8. The minimum absolute atomic E-state index is 0.0616. The normalized spacial score (nSPS) is 11.1. The van der Waals surface area contributed by atoms with E-state index in [2.05, 4.69) is 10.3 Å². The molecule has 160 valence electrons. The minimum atomic E-state index is -3.89. The molecule has 0 fully saturated rings. The molecule has 8 nitrogen and oxygen atoms in total. The highest BCUT2D eigenvalue weighted by Gasteiger charge is 2.23. The molecular formula is C23H18N4O4S. The Morgan fingerprint density at radius 2 is 1.94 bits per heavy atom. The van der Waals surface area contributed by atoms with Crippen LogP contribution in [0, 0.1) is 11.3 Å². The summed E-state index contributed by atoms with van der Waals surface area (Å²) in [7, 11) is -2.52. The lowest BCUT2D eigenvalue weighted by atomic mass is 10.2. The molecule has 0 radical (unpaired) electrons. The first-order chi connectivity index (χ1) is 15.4. The van der Waals surface area contributed by atoms with Gasteiger partial charge in [0, 0.05) is 25.1 Å². The fraction of sp³-hybridized carbons (Fsp3) is 0.0870. The van der Waals surface area contributed by atoms with Gasteiger partial charge in [-0.05, 0) is 48.0 Å². The predicted molar refractivity (Wildman–Crippen MR) is 116 cm³/mol. The standard InChI is InChI=1S/C23H18N4O4S/c1-31-20-8-4-17(13-24)12-21(20)32(29,30)19-6-2-16(3-7-19)14-26-23(28)18-5-9-22-25-10-11-27(22)15-18/h2-12,15H,14H2,1H3,(H,26,28). The smallest absolute Gasteiger partial charge is 0.253 e. The maximum atomic E-state index is 13.1. The Morgan fingerprint density at radius 1 is 1.16 bits per heavy atom. The van der Waals surface area contributed by atoms with E-state index in [1.807, 2.05) is 6.07 Å². The molecule has 0 atom stereocenters. The maximum Gasteiger partial charge on any atom is 0.253 e. The number of fused-ring (bicyclic) bond motifs is 1. The van der Waals surface area contributed by atoms with Crippen LogP contribution in [-0.2, 0) is 16.4 Å². The van der Waals surface area contributed by atoms with Gasteiger partial charge in [-0.15, -0.1) is 0 Å². The number of sulfone groups is 1. The van der Waals surface area contributed by atoms with Crippen LogP contribution in [0.25, 0.3) is 5.65 Å². The minimum Gasteiger partial charge on any atom is -0.495 e. The monoisotopic (exact) mass is 446 g/mol. The Kier molecular flexibility index (Phi) is 5.62. The first kappa shape index (κ1) is 21.1. The van der Waals surface area contributed by atoms with Crippen molar-refractivity contribution in [2.24, 2.45) is 0 Å². The Morgan fingerprint density at radius 3 is 2.66 bits per heavy atom. The van der Waals surface area contributed by atoms with Crippen molar-refractivity contribution in [2.75, 3.05) is 7.11 Å². The van der Waals surface area contributed by atoms with Crippen molar-refractivity contribution in [3.05, 3.63) is 89.9 Å². The van der Waals surface area contributed by atoms with Gasteiger partial charge in [0.2, 0.25) is 9.84 Å². The van der Waals surface area contributed by atoms with Crippen molar-refractivity contribution in [1.82, 2.24) is 14.7 Å². The highest BCUT2D eigenvalue weighted by Crippen LogP contribution is 2.30. The summed E-state index contributed by atoms with van der Waals surface area (Å²) in [5.74, 6) is -0.0921. The van der Waals surface area contributed by atoms with E-state index in [9.17, 15) is 13.2 Å². The van der Waals surface area contributed by atoms with E-state index >= 15 is 0 Å². The molecular weight excluding hydrogens is 428 g/mol. The van der Waals surface area contributed by atoms with E-state index in [0.717, 1.165) is 11.2 Å². The number of nitrogens with one attached hydrogen (secondary N) is 1. The van der Waals surface area contributed by atoms with Gasteiger partial charge in [-0.1, -0.05) is 12.1 Å². The Labute approximate surface area is 184 Å². The van der Waals surface area contributed by atoms with Crippen molar-refractivity contribution in [3.8, 4) is 11.8 Å². The van der Waals surface area contributed by atoms with Crippen molar-refractivity contribution in [1.29, 1.82) is 5.26 Å². The van der Waals surface area contributed by atoms with Crippen LogP contribution >= 0.6 is 0 Å². The van der Waals surface area contributed by atoms with Crippen LogP contribution in [-0.4, -0.2) is 30.8 Å². The molecule has 0 bridgehead atoms. The third-order valence-corrected chi connectivity index (χ3v) is 6.71. The molecule has 2 aromatic heterocycles. The number of pyridine rings is 1. The molecule has 0 aliphatic rings. The summed E-state index contributed by atoms with van der Waals surface area (Å²) in [5, 5.41) is 11.9. The number of imidazole rings is 1. The molecule has 32 heavy (non-hydrogen) atoms. The van der Waals surface area contributed by atoms with E-state index in [0.29, 0.717) is 5.56 Å². The van der Waals surface area contributed by atoms with Gasteiger partial charge in [0.15, 0.2) is 0 Å². The van der Waals surface area contributed by atoms with Gasteiger partial charge in [0.25, 0.3) is 5.91 Å². The van der Waals surface area contributed by atoms with Gasteiger partial charge in [0.1, 0.15) is 16.3 Å². The second kappa shape index (κ2) is 8.53. The Hall–Kier alpha value is -4.16. The summed E-state index contributed by atoms with van der Waals surface area (Å²) >= 11 is 0. The van der Waals surface area contributed by atoms with E-state index in [1.54, 1.807) is 47.3 Å². The summed E-state index contributed by atoms with van der Waals surface area (Å²) < 4.78 is 33.0. The lowest BCUT2D eigenvalue weighted by Crippen LogP contribution is -2.23. The van der Waals surface area contributed by atoms with Crippen LogP contribution in [0.3, 0.4) is 0 Å². The van der Waals surface area contributed by atoms with Gasteiger partial charge in [-0.3, -0.25) is 4.79 Å². The molecule has 1 N–H and O–H groups in total. The summed E-state index contributed by atoms with van der Waals surface area (Å²) in [5.41, 5.74) is 2.19. The molecule has 4 rings (SSSR count). The number of ether oxygens (including phenoxy) is 1. The number of amides is 1. The number of hydrogen-bond donors (Lipinski definition) is 1. The van der Waals surface area contributed by atoms with Gasteiger partial charge in [0.05, 0.1) is 29.2 Å². The highest BCUT2D eigenvalue weighted by molar-refractivity contribution is 7.91. The number of nitrogens with zero attached hydrogens (tertiary/aromatic N) is 3. The number of hydrogen-bond acceptors (Lipinski definition) is 6. The lowest BCUT2D eigenvalue weighted by molar-refractivity contribution is 0.0950. The molecule has 2 heterocycles. The molecule has 2 aromatic carbocycles. The number of rotatable bonds is 6. The van der Waals surface area contributed by atoms with E-state index in [-0.39, 0.29) is 33.6 Å². The van der Waals surface area contributed by atoms with Crippen molar-refractivity contribution in [3.63, 3.8) is 0 Å². The number of benzene rings is 2. The molecule has 4 aromatic rings. The Bertz CT molecular complexity index is 1450. The fourth-order valence-corrected chi connectivity index (χ4v) is 4.66.